The van der Waals surface area contributed by atoms with Crippen molar-refractivity contribution in [1.29, 1.82) is 0 Å². The third-order valence-corrected chi connectivity index (χ3v) is 5.82. The van der Waals surface area contributed by atoms with E-state index in [0.717, 1.165) is 16.0 Å². The highest BCUT2D eigenvalue weighted by atomic mass is 32.2. The summed E-state index contributed by atoms with van der Waals surface area (Å²) in [6.45, 7) is 12.5. The van der Waals surface area contributed by atoms with Crippen molar-refractivity contribution in [3.05, 3.63) is 59.2 Å². The zero-order chi connectivity index (χ0) is 22.5. The first-order valence-electron chi connectivity index (χ1n) is 10.3. The molecule has 0 heterocycles. The van der Waals surface area contributed by atoms with Gasteiger partial charge in [0.1, 0.15) is 5.75 Å². The topological polar surface area (TPSA) is 66.4 Å². The van der Waals surface area contributed by atoms with Crippen LogP contribution in [0.5, 0.6) is 5.75 Å². The van der Waals surface area contributed by atoms with E-state index >= 15 is 0 Å². The lowest BCUT2D eigenvalue weighted by Gasteiger charge is -2.28. The second-order valence-electron chi connectivity index (χ2n) is 9.53. The molecule has 0 bridgehead atoms. The van der Waals surface area contributed by atoms with E-state index in [4.69, 9.17) is 0 Å². The third kappa shape index (κ3) is 6.63. The molecule has 2 N–H and O–H groups in total. The molecule has 0 aliphatic carbocycles. The molecule has 0 aliphatic heterocycles. The SMILES string of the molecule is CC(C)(C)c1cc(SCCC(=O)NCC(=O)c2ccccc2)cc(C(C)(C)C)c1O. The molecule has 1 amide bonds. The van der Waals surface area contributed by atoms with Crippen LogP contribution in [0.4, 0.5) is 0 Å². The first-order chi connectivity index (χ1) is 13.9. The summed E-state index contributed by atoms with van der Waals surface area (Å²) in [5, 5.41) is 13.5. The van der Waals surface area contributed by atoms with Crippen LogP contribution in [0.15, 0.2) is 47.4 Å². The van der Waals surface area contributed by atoms with Gasteiger partial charge in [0.15, 0.2) is 5.78 Å². The lowest BCUT2D eigenvalue weighted by atomic mass is 9.79. The number of nitrogens with one attached hydrogen (secondary N) is 1. The Morgan fingerprint density at radius 3 is 1.97 bits per heavy atom. The Kier molecular flexibility index (Phi) is 7.75. The van der Waals surface area contributed by atoms with Gasteiger partial charge in [0.05, 0.1) is 6.54 Å². The summed E-state index contributed by atoms with van der Waals surface area (Å²) >= 11 is 1.59. The number of carbonyl (C=O) groups excluding carboxylic acids is 2. The zero-order valence-electron chi connectivity index (χ0n) is 18.8. The smallest absolute Gasteiger partial charge is 0.221 e. The van der Waals surface area contributed by atoms with Gasteiger partial charge < -0.3 is 10.4 Å². The monoisotopic (exact) mass is 427 g/mol. The van der Waals surface area contributed by atoms with Gasteiger partial charge in [-0.05, 0) is 23.0 Å². The van der Waals surface area contributed by atoms with Crippen molar-refractivity contribution in [2.75, 3.05) is 12.3 Å². The highest BCUT2D eigenvalue weighted by Gasteiger charge is 2.26. The lowest BCUT2D eigenvalue weighted by Crippen LogP contribution is -2.29. The van der Waals surface area contributed by atoms with Crippen molar-refractivity contribution in [2.24, 2.45) is 0 Å². The Labute approximate surface area is 184 Å². The Bertz CT molecular complexity index is 858. The number of ketones is 1. The second kappa shape index (κ2) is 9.69. The number of benzene rings is 2. The minimum absolute atomic E-state index is 0.00900. The largest absolute Gasteiger partial charge is 0.507 e. The van der Waals surface area contributed by atoms with E-state index in [-0.39, 0.29) is 29.1 Å². The number of rotatable bonds is 7. The van der Waals surface area contributed by atoms with Crippen molar-refractivity contribution in [3.8, 4) is 5.75 Å². The molecule has 0 saturated carbocycles. The summed E-state index contributed by atoms with van der Waals surface area (Å²) in [6, 6.07) is 13.0. The second-order valence-corrected chi connectivity index (χ2v) is 10.7. The molecule has 0 saturated heterocycles. The van der Waals surface area contributed by atoms with Crippen molar-refractivity contribution in [3.63, 3.8) is 0 Å². The molecule has 2 rings (SSSR count). The summed E-state index contributed by atoms with van der Waals surface area (Å²) in [4.78, 5) is 25.3. The van der Waals surface area contributed by atoms with Gasteiger partial charge in [0, 0.05) is 33.8 Å². The molecule has 0 radical (unpaired) electrons. The fourth-order valence-electron chi connectivity index (χ4n) is 3.09. The Morgan fingerprint density at radius 1 is 0.933 bits per heavy atom. The third-order valence-electron chi connectivity index (χ3n) is 4.84. The van der Waals surface area contributed by atoms with E-state index in [1.807, 2.05) is 18.2 Å². The maximum absolute atomic E-state index is 12.2. The van der Waals surface area contributed by atoms with Crippen LogP contribution in [0.1, 0.15) is 69.4 Å². The predicted octanol–water partition coefficient (Wildman–Crippen LogP) is 5.47. The van der Waals surface area contributed by atoms with Gasteiger partial charge in [-0.2, -0.15) is 0 Å². The fourth-order valence-corrected chi connectivity index (χ4v) is 4.02. The normalized spacial score (nSPS) is 11.9. The van der Waals surface area contributed by atoms with E-state index in [9.17, 15) is 14.7 Å². The molecule has 0 aromatic heterocycles. The highest BCUT2D eigenvalue weighted by Crippen LogP contribution is 2.41. The average Bonchev–Trinajstić information content (AvgIpc) is 2.66. The number of thioether (sulfide) groups is 1. The molecular weight excluding hydrogens is 394 g/mol. The number of hydrogen-bond acceptors (Lipinski definition) is 4. The standard InChI is InChI=1S/C25H33NO3S/c1-24(2,3)19-14-18(15-20(23(19)29)25(4,5)6)30-13-12-22(28)26-16-21(27)17-10-8-7-9-11-17/h7-11,14-15,29H,12-13,16H2,1-6H3,(H,26,28). The van der Waals surface area contributed by atoms with Crippen molar-refractivity contribution < 1.29 is 14.7 Å². The summed E-state index contributed by atoms with van der Waals surface area (Å²) in [6.07, 6.45) is 0.323. The molecular formula is C25H33NO3S. The molecule has 5 heteroatoms. The number of carbonyl (C=O) groups is 2. The van der Waals surface area contributed by atoms with Crippen LogP contribution in [-0.2, 0) is 15.6 Å². The Hall–Kier alpha value is -2.27. The summed E-state index contributed by atoms with van der Waals surface area (Å²) in [5.74, 6) is 0.720. The molecule has 162 valence electrons. The van der Waals surface area contributed by atoms with E-state index < -0.39 is 0 Å². The predicted molar refractivity (Wildman–Crippen MR) is 125 cm³/mol. The summed E-state index contributed by atoms with van der Waals surface area (Å²) in [5.41, 5.74) is 2.05. The first-order valence-corrected chi connectivity index (χ1v) is 11.2. The Morgan fingerprint density at radius 2 is 1.47 bits per heavy atom. The van der Waals surface area contributed by atoms with Crippen molar-refractivity contribution >= 4 is 23.5 Å². The number of hydrogen-bond donors (Lipinski definition) is 2. The van der Waals surface area contributed by atoms with Crippen LogP contribution in [0.3, 0.4) is 0 Å². The summed E-state index contributed by atoms with van der Waals surface area (Å²) < 4.78 is 0. The van der Waals surface area contributed by atoms with Crippen molar-refractivity contribution in [1.82, 2.24) is 5.32 Å². The van der Waals surface area contributed by atoms with Crippen molar-refractivity contribution in [2.45, 2.75) is 63.7 Å². The minimum atomic E-state index is -0.185. The van der Waals surface area contributed by atoms with Gasteiger partial charge in [-0.3, -0.25) is 9.59 Å². The van der Waals surface area contributed by atoms with Gasteiger partial charge in [-0.25, -0.2) is 0 Å². The molecule has 0 unspecified atom stereocenters. The fraction of sp³-hybridized carbons (Fsp3) is 0.440. The zero-order valence-corrected chi connectivity index (χ0v) is 19.7. The van der Waals surface area contributed by atoms with Gasteiger partial charge >= 0.3 is 0 Å². The van der Waals surface area contributed by atoms with Gasteiger partial charge in [-0.15, -0.1) is 11.8 Å². The first kappa shape index (κ1) is 24.0. The van der Waals surface area contributed by atoms with Gasteiger partial charge in [0.2, 0.25) is 5.91 Å². The summed E-state index contributed by atoms with van der Waals surface area (Å²) in [7, 11) is 0. The van der Waals surface area contributed by atoms with E-state index in [1.54, 1.807) is 36.0 Å². The molecule has 30 heavy (non-hydrogen) atoms. The maximum Gasteiger partial charge on any atom is 0.221 e. The quantitative estimate of drug-likeness (QED) is 0.454. The molecule has 0 aliphatic rings. The van der Waals surface area contributed by atoms with Crippen LogP contribution in [0.2, 0.25) is 0 Å². The molecule has 0 fully saturated rings. The van der Waals surface area contributed by atoms with Crippen LogP contribution in [0.25, 0.3) is 0 Å². The van der Waals surface area contributed by atoms with Crippen LogP contribution < -0.4 is 5.32 Å². The number of phenols is 1. The number of amides is 1. The van der Waals surface area contributed by atoms with Crippen LogP contribution in [-0.4, -0.2) is 29.1 Å². The van der Waals surface area contributed by atoms with Gasteiger partial charge in [-0.1, -0.05) is 71.9 Å². The van der Waals surface area contributed by atoms with Crippen LogP contribution >= 0.6 is 11.8 Å². The van der Waals surface area contributed by atoms with Gasteiger partial charge in [0.25, 0.3) is 0 Å². The molecule has 4 nitrogen and oxygen atoms in total. The Balaban J connectivity index is 1.98. The van der Waals surface area contributed by atoms with E-state index in [1.165, 1.54) is 0 Å². The maximum atomic E-state index is 12.2. The molecule has 2 aromatic rings. The average molecular weight is 428 g/mol. The highest BCUT2D eigenvalue weighted by molar-refractivity contribution is 7.99. The lowest BCUT2D eigenvalue weighted by molar-refractivity contribution is -0.120. The van der Waals surface area contributed by atoms with E-state index in [2.05, 4.69) is 46.9 Å². The molecule has 0 spiro atoms. The minimum Gasteiger partial charge on any atom is -0.507 e. The van der Waals surface area contributed by atoms with Crippen LogP contribution in [0, 0.1) is 0 Å². The number of aromatic hydroxyl groups is 1. The van der Waals surface area contributed by atoms with E-state index in [0.29, 0.717) is 23.5 Å². The number of phenolic OH excluding ortho intramolecular Hbond substituents is 1. The molecule has 2 aromatic carbocycles. The number of Topliss-reactive ketones (excluding diaryl/α,β-unsaturated/α-hetero) is 1. The molecule has 0 atom stereocenters.